The number of amides is 1. The number of hydrogen-bond acceptors (Lipinski definition) is 8. The van der Waals surface area contributed by atoms with Crippen molar-refractivity contribution in [2.75, 3.05) is 42.9 Å². The molecule has 3 heterocycles. The van der Waals surface area contributed by atoms with Crippen LogP contribution in [0.15, 0.2) is 18.5 Å². The van der Waals surface area contributed by atoms with E-state index in [2.05, 4.69) is 29.5 Å². The van der Waals surface area contributed by atoms with Crippen LogP contribution in [-0.2, 0) is 4.79 Å². The lowest BCUT2D eigenvalue weighted by Crippen LogP contribution is -2.49. The molecule has 1 amide bonds. The quantitative estimate of drug-likeness (QED) is 0.833. The largest absolute Gasteiger partial charge is 0.360 e. The molecule has 1 saturated carbocycles. The fourth-order valence-electron chi connectivity index (χ4n) is 2.86. The van der Waals surface area contributed by atoms with E-state index in [4.69, 9.17) is 0 Å². The first-order valence-corrected chi connectivity index (χ1v) is 9.44. The van der Waals surface area contributed by atoms with Crippen molar-refractivity contribution in [2.24, 2.45) is 0 Å². The first-order valence-electron chi connectivity index (χ1n) is 8.67. The highest BCUT2D eigenvalue weighted by molar-refractivity contribution is 7.09. The Morgan fingerprint density at radius 2 is 1.96 bits per heavy atom. The van der Waals surface area contributed by atoms with E-state index in [1.165, 1.54) is 24.4 Å². The Bertz CT molecular complexity index is 710. The van der Waals surface area contributed by atoms with E-state index >= 15 is 0 Å². The third-order valence-corrected chi connectivity index (χ3v) is 5.15. The van der Waals surface area contributed by atoms with Crippen LogP contribution in [0.4, 0.5) is 11.1 Å². The number of carbonyl (C=O) groups is 1. The average molecular weight is 359 g/mol. The van der Waals surface area contributed by atoms with E-state index in [-0.39, 0.29) is 5.91 Å². The van der Waals surface area contributed by atoms with E-state index in [9.17, 15) is 4.79 Å². The zero-order valence-corrected chi connectivity index (χ0v) is 14.8. The van der Waals surface area contributed by atoms with Crippen molar-refractivity contribution in [2.45, 2.75) is 25.2 Å². The lowest BCUT2D eigenvalue weighted by Gasteiger charge is -2.34. The van der Waals surface area contributed by atoms with E-state index in [0.717, 1.165) is 30.0 Å². The molecule has 9 heteroatoms. The predicted molar refractivity (Wildman–Crippen MR) is 95.8 cm³/mol. The van der Waals surface area contributed by atoms with Gasteiger partial charge in [0.1, 0.15) is 5.82 Å². The summed E-state index contributed by atoms with van der Waals surface area (Å²) in [6, 6.07) is 1.81. The van der Waals surface area contributed by atoms with Crippen LogP contribution in [0.3, 0.4) is 0 Å². The Kier molecular flexibility index (Phi) is 4.73. The van der Waals surface area contributed by atoms with Crippen LogP contribution >= 0.6 is 11.5 Å². The Morgan fingerprint density at radius 3 is 2.68 bits per heavy atom. The van der Waals surface area contributed by atoms with Gasteiger partial charge >= 0.3 is 0 Å². The van der Waals surface area contributed by atoms with Crippen LogP contribution in [0.5, 0.6) is 0 Å². The Balaban J connectivity index is 1.19. The molecule has 4 rings (SSSR count). The van der Waals surface area contributed by atoms with E-state index in [1.807, 2.05) is 11.0 Å². The van der Waals surface area contributed by atoms with Crippen LogP contribution in [0.2, 0.25) is 0 Å². The molecule has 132 valence electrons. The summed E-state index contributed by atoms with van der Waals surface area (Å²) in [5.74, 6) is 2.43. The molecule has 1 aliphatic carbocycles. The van der Waals surface area contributed by atoms with E-state index in [1.54, 1.807) is 12.4 Å². The maximum Gasteiger partial charge on any atom is 0.225 e. The van der Waals surface area contributed by atoms with Gasteiger partial charge in [0, 0.05) is 69.0 Å². The molecule has 2 aliphatic rings. The van der Waals surface area contributed by atoms with Crippen molar-refractivity contribution in [3.63, 3.8) is 0 Å². The van der Waals surface area contributed by atoms with Crippen LogP contribution in [0.1, 0.15) is 31.0 Å². The molecule has 2 aromatic heterocycles. The van der Waals surface area contributed by atoms with Gasteiger partial charge in [-0.25, -0.2) is 15.0 Å². The third-order valence-electron chi connectivity index (χ3n) is 4.47. The Labute approximate surface area is 150 Å². The van der Waals surface area contributed by atoms with Gasteiger partial charge in [-0.15, -0.1) is 0 Å². The predicted octanol–water partition coefficient (Wildman–Crippen LogP) is 1.36. The summed E-state index contributed by atoms with van der Waals surface area (Å²) >= 11 is 1.39. The van der Waals surface area contributed by atoms with Gasteiger partial charge in [0.25, 0.3) is 0 Å². The number of hydrogen-bond donors (Lipinski definition) is 1. The number of nitrogens with one attached hydrogen (secondary N) is 1. The third kappa shape index (κ3) is 4.04. The lowest BCUT2D eigenvalue weighted by atomic mass is 10.3. The number of carbonyl (C=O) groups excluding carboxylic acids is 1. The summed E-state index contributed by atoms with van der Waals surface area (Å²) in [5, 5.41) is 4.04. The molecule has 0 bridgehead atoms. The summed E-state index contributed by atoms with van der Waals surface area (Å²) in [6.07, 6.45) is 6.37. The zero-order chi connectivity index (χ0) is 17.1. The average Bonchev–Trinajstić information content (AvgIpc) is 3.41. The fraction of sp³-hybridized carbons (Fsp3) is 0.562. The molecule has 1 N–H and O–H groups in total. The van der Waals surface area contributed by atoms with Crippen molar-refractivity contribution in [1.29, 1.82) is 0 Å². The summed E-state index contributed by atoms with van der Waals surface area (Å²) in [5.41, 5.74) is 0. The van der Waals surface area contributed by atoms with E-state index in [0.29, 0.717) is 32.0 Å². The number of aromatic nitrogens is 4. The second-order valence-corrected chi connectivity index (χ2v) is 7.08. The van der Waals surface area contributed by atoms with Crippen LogP contribution in [-0.4, -0.2) is 62.9 Å². The first-order chi connectivity index (χ1) is 12.3. The van der Waals surface area contributed by atoms with Crippen LogP contribution in [0, 0.1) is 0 Å². The SMILES string of the molecule is O=C(CCNc1nc(C2CC2)ns1)N1CCN(c2ncccn2)CC1. The minimum absolute atomic E-state index is 0.174. The smallest absolute Gasteiger partial charge is 0.225 e. The monoisotopic (exact) mass is 359 g/mol. The highest BCUT2D eigenvalue weighted by atomic mass is 32.1. The minimum atomic E-state index is 0.174. The zero-order valence-electron chi connectivity index (χ0n) is 14.0. The van der Waals surface area contributed by atoms with Crippen LogP contribution < -0.4 is 10.2 Å². The van der Waals surface area contributed by atoms with Crippen molar-refractivity contribution >= 4 is 28.5 Å². The molecule has 0 spiro atoms. The molecule has 1 saturated heterocycles. The van der Waals surface area contributed by atoms with Gasteiger partial charge in [-0.2, -0.15) is 4.37 Å². The molecule has 0 radical (unpaired) electrons. The molecule has 0 atom stereocenters. The molecule has 0 aromatic carbocycles. The summed E-state index contributed by atoms with van der Waals surface area (Å²) < 4.78 is 4.36. The highest BCUT2D eigenvalue weighted by Gasteiger charge is 2.28. The molecule has 1 aliphatic heterocycles. The first kappa shape index (κ1) is 16.2. The molecular formula is C16H21N7OS. The normalized spacial score (nSPS) is 17.6. The number of piperazine rings is 1. The van der Waals surface area contributed by atoms with Crippen molar-refractivity contribution in [1.82, 2.24) is 24.2 Å². The van der Waals surface area contributed by atoms with Crippen molar-refractivity contribution in [3.8, 4) is 0 Å². The van der Waals surface area contributed by atoms with Crippen molar-refractivity contribution < 1.29 is 4.79 Å². The molecule has 2 aromatic rings. The maximum absolute atomic E-state index is 12.4. The summed E-state index contributed by atoms with van der Waals surface area (Å²) in [4.78, 5) is 29.4. The van der Waals surface area contributed by atoms with Gasteiger partial charge in [-0.1, -0.05) is 0 Å². The Hall–Kier alpha value is -2.29. The fourth-order valence-corrected chi connectivity index (χ4v) is 3.53. The standard InChI is InChI=1S/C16H21N7OS/c24-13(4-7-19-16-20-14(21-25-16)12-2-3-12)22-8-10-23(11-9-22)15-17-5-1-6-18-15/h1,5-6,12H,2-4,7-11H2,(H,19,20,21). The number of anilines is 2. The van der Waals surface area contributed by atoms with Gasteiger partial charge in [0.05, 0.1) is 0 Å². The Morgan fingerprint density at radius 1 is 1.20 bits per heavy atom. The van der Waals surface area contributed by atoms with Crippen LogP contribution in [0.25, 0.3) is 0 Å². The van der Waals surface area contributed by atoms with Gasteiger partial charge < -0.3 is 15.1 Å². The van der Waals surface area contributed by atoms with Gasteiger partial charge in [0.2, 0.25) is 17.0 Å². The van der Waals surface area contributed by atoms with Gasteiger partial charge in [-0.05, 0) is 18.9 Å². The minimum Gasteiger partial charge on any atom is -0.360 e. The molecule has 0 unspecified atom stereocenters. The van der Waals surface area contributed by atoms with Gasteiger partial charge in [0.15, 0.2) is 0 Å². The number of rotatable bonds is 6. The van der Waals surface area contributed by atoms with E-state index < -0.39 is 0 Å². The lowest BCUT2D eigenvalue weighted by molar-refractivity contribution is -0.131. The summed E-state index contributed by atoms with van der Waals surface area (Å²) in [6.45, 7) is 3.55. The molecule has 2 fully saturated rings. The second kappa shape index (κ2) is 7.30. The topological polar surface area (TPSA) is 87.1 Å². The molecule has 8 nitrogen and oxygen atoms in total. The van der Waals surface area contributed by atoms with Gasteiger partial charge in [-0.3, -0.25) is 4.79 Å². The second-order valence-electron chi connectivity index (χ2n) is 6.33. The maximum atomic E-state index is 12.4. The number of nitrogens with zero attached hydrogens (tertiary/aromatic N) is 6. The summed E-state index contributed by atoms with van der Waals surface area (Å²) in [7, 11) is 0. The van der Waals surface area contributed by atoms with Crippen molar-refractivity contribution in [3.05, 3.63) is 24.3 Å². The molecular weight excluding hydrogens is 338 g/mol. The highest BCUT2D eigenvalue weighted by Crippen LogP contribution is 2.39. The molecule has 25 heavy (non-hydrogen) atoms.